The molecule has 28 heavy (non-hydrogen) atoms. The lowest BCUT2D eigenvalue weighted by atomic mass is 10.0. The number of benzene rings is 2. The molecule has 0 spiro atoms. The Morgan fingerprint density at radius 2 is 1.89 bits per heavy atom. The van der Waals surface area contributed by atoms with Crippen molar-refractivity contribution >= 4 is 22.6 Å². The van der Waals surface area contributed by atoms with E-state index in [1.54, 1.807) is 37.4 Å². The van der Waals surface area contributed by atoms with E-state index >= 15 is 0 Å². The Kier molecular flexibility index (Phi) is 5.99. The van der Waals surface area contributed by atoms with E-state index in [-0.39, 0.29) is 18.1 Å². The first-order chi connectivity index (χ1) is 13.5. The lowest BCUT2D eigenvalue weighted by molar-refractivity contribution is -0.118. The molecule has 0 saturated carbocycles. The first-order valence-corrected chi connectivity index (χ1v) is 9.15. The summed E-state index contributed by atoms with van der Waals surface area (Å²) >= 11 is 0. The van der Waals surface area contributed by atoms with Gasteiger partial charge in [-0.15, -0.1) is 0 Å². The highest BCUT2D eigenvalue weighted by Gasteiger charge is 2.13. The fraction of sp³-hybridized carbons (Fsp3) is 0.273. The van der Waals surface area contributed by atoms with E-state index in [2.05, 4.69) is 12.2 Å². The van der Waals surface area contributed by atoms with Gasteiger partial charge in [-0.2, -0.15) is 0 Å². The zero-order chi connectivity index (χ0) is 20.1. The van der Waals surface area contributed by atoms with Gasteiger partial charge in [0.1, 0.15) is 17.1 Å². The maximum absolute atomic E-state index is 12.2. The Balaban J connectivity index is 1.74. The second-order valence-corrected chi connectivity index (χ2v) is 6.47. The Morgan fingerprint density at radius 3 is 2.57 bits per heavy atom. The standard InChI is InChI=1S/C22H23NO5/c1-4-5-15-12-21(25)28-22-14(2)19(11-10-18(15)22)27-13-20(24)23-16-6-8-17(26-3)9-7-16/h6-12H,4-5,13H2,1-3H3,(H,23,24). The van der Waals surface area contributed by atoms with Gasteiger partial charge in [0.15, 0.2) is 6.61 Å². The summed E-state index contributed by atoms with van der Waals surface area (Å²) in [6, 6.07) is 12.2. The zero-order valence-corrected chi connectivity index (χ0v) is 16.2. The number of amides is 1. The van der Waals surface area contributed by atoms with Crippen molar-refractivity contribution in [3.63, 3.8) is 0 Å². The van der Waals surface area contributed by atoms with Gasteiger partial charge in [0.05, 0.1) is 7.11 Å². The minimum atomic E-state index is -0.381. The van der Waals surface area contributed by atoms with Gasteiger partial charge in [-0.1, -0.05) is 13.3 Å². The van der Waals surface area contributed by atoms with Crippen LogP contribution in [0.25, 0.3) is 11.0 Å². The van der Waals surface area contributed by atoms with Crippen LogP contribution in [0.15, 0.2) is 51.7 Å². The van der Waals surface area contributed by atoms with Crippen LogP contribution in [-0.2, 0) is 11.2 Å². The predicted octanol–water partition coefficient (Wildman–Crippen LogP) is 4.08. The third-order valence-corrected chi connectivity index (χ3v) is 4.45. The first-order valence-electron chi connectivity index (χ1n) is 9.15. The highest BCUT2D eigenvalue weighted by molar-refractivity contribution is 5.92. The first kappa shape index (κ1) is 19.5. The maximum atomic E-state index is 12.2. The topological polar surface area (TPSA) is 77.8 Å². The van der Waals surface area contributed by atoms with E-state index in [4.69, 9.17) is 13.9 Å². The highest BCUT2D eigenvalue weighted by Crippen LogP contribution is 2.29. The number of aryl methyl sites for hydroxylation is 2. The molecule has 1 N–H and O–H groups in total. The van der Waals surface area contributed by atoms with Crippen molar-refractivity contribution < 1.29 is 18.7 Å². The van der Waals surface area contributed by atoms with Gasteiger partial charge in [0.2, 0.25) is 0 Å². The lowest BCUT2D eigenvalue weighted by Crippen LogP contribution is -2.20. The number of hydrogen-bond donors (Lipinski definition) is 1. The Morgan fingerprint density at radius 1 is 1.14 bits per heavy atom. The monoisotopic (exact) mass is 381 g/mol. The molecule has 0 radical (unpaired) electrons. The van der Waals surface area contributed by atoms with Crippen molar-refractivity contribution in [3.8, 4) is 11.5 Å². The molecule has 0 aliphatic rings. The van der Waals surface area contributed by atoms with Gasteiger partial charge in [0, 0.05) is 22.7 Å². The number of hydrogen-bond acceptors (Lipinski definition) is 5. The number of ether oxygens (including phenoxy) is 2. The average Bonchev–Trinajstić information content (AvgIpc) is 2.69. The average molecular weight is 381 g/mol. The van der Waals surface area contributed by atoms with Crippen molar-refractivity contribution in [2.45, 2.75) is 26.7 Å². The van der Waals surface area contributed by atoms with Gasteiger partial charge in [-0.3, -0.25) is 4.79 Å². The van der Waals surface area contributed by atoms with Crippen molar-refractivity contribution in [2.24, 2.45) is 0 Å². The van der Waals surface area contributed by atoms with E-state index in [0.29, 0.717) is 28.3 Å². The quantitative estimate of drug-likeness (QED) is 0.624. The fourth-order valence-corrected chi connectivity index (χ4v) is 3.06. The second kappa shape index (κ2) is 8.61. The summed E-state index contributed by atoms with van der Waals surface area (Å²) in [5, 5.41) is 3.66. The molecular formula is C22H23NO5. The van der Waals surface area contributed by atoms with E-state index < -0.39 is 0 Å². The predicted molar refractivity (Wildman–Crippen MR) is 108 cm³/mol. The van der Waals surface area contributed by atoms with Crippen molar-refractivity contribution in [1.29, 1.82) is 0 Å². The summed E-state index contributed by atoms with van der Waals surface area (Å²) in [4.78, 5) is 24.0. The molecule has 0 aliphatic carbocycles. The summed E-state index contributed by atoms with van der Waals surface area (Å²) in [5.74, 6) is 0.935. The minimum Gasteiger partial charge on any atom is -0.497 e. The van der Waals surface area contributed by atoms with Crippen molar-refractivity contribution in [2.75, 3.05) is 19.0 Å². The number of methoxy groups -OCH3 is 1. The van der Waals surface area contributed by atoms with Gasteiger partial charge < -0.3 is 19.2 Å². The van der Waals surface area contributed by atoms with E-state index in [1.165, 1.54) is 6.07 Å². The highest BCUT2D eigenvalue weighted by atomic mass is 16.5. The molecule has 146 valence electrons. The molecule has 0 atom stereocenters. The summed E-state index contributed by atoms with van der Waals surface area (Å²) < 4.78 is 16.2. The van der Waals surface area contributed by atoms with Crippen LogP contribution in [0.5, 0.6) is 11.5 Å². The zero-order valence-electron chi connectivity index (χ0n) is 16.2. The molecule has 0 aliphatic heterocycles. The normalized spacial score (nSPS) is 10.7. The number of fused-ring (bicyclic) bond motifs is 1. The van der Waals surface area contributed by atoms with E-state index in [9.17, 15) is 9.59 Å². The third kappa shape index (κ3) is 4.34. The molecule has 0 fully saturated rings. The van der Waals surface area contributed by atoms with Crippen LogP contribution in [0.1, 0.15) is 24.5 Å². The van der Waals surface area contributed by atoms with Crippen LogP contribution in [0.2, 0.25) is 0 Å². The molecule has 0 saturated heterocycles. The molecule has 2 aromatic carbocycles. The smallest absolute Gasteiger partial charge is 0.336 e. The van der Waals surface area contributed by atoms with Crippen LogP contribution in [0.4, 0.5) is 5.69 Å². The Bertz CT molecular complexity index is 1040. The molecule has 1 amide bonds. The van der Waals surface area contributed by atoms with Crippen LogP contribution in [0.3, 0.4) is 0 Å². The van der Waals surface area contributed by atoms with Crippen LogP contribution < -0.4 is 20.4 Å². The van der Waals surface area contributed by atoms with Gasteiger partial charge in [-0.25, -0.2) is 4.79 Å². The molecule has 1 aromatic heterocycles. The Hall–Kier alpha value is -3.28. The van der Waals surface area contributed by atoms with Gasteiger partial charge in [-0.05, 0) is 55.3 Å². The summed E-state index contributed by atoms with van der Waals surface area (Å²) in [7, 11) is 1.58. The molecule has 3 aromatic rings. The number of nitrogens with one attached hydrogen (secondary N) is 1. The lowest BCUT2D eigenvalue weighted by Gasteiger charge is -2.12. The summed E-state index contributed by atoms with van der Waals surface area (Å²) in [6.45, 7) is 3.72. The van der Waals surface area contributed by atoms with Crippen molar-refractivity contribution in [1.82, 2.24) is 0 Å². The molecular weight excluding hydrogens is 358 g/mol. The SMILES string of the molecule is CCCc1cc(=O)oc2c(C)c(OCC(=O)Nc3ccc(OC)cc3)ccc12. The van der Waals surface area contributed by atoms with Crippen LogP contribution in [0, 0.1) is 6.92 Å². The molecule has 6 heteroatoms. The van der Waals surface area contributed by atoms with Crippen LogP contribution >= 0.6 is 0 Å². The number of rotatable bonds is 7. The fourth-order valence-electron chi connectivity index (χ4n) is 3.06. The largest absolute Gasteiger partial charge is 0.497 e. The van der Waals surface area contributed by atoms with E-state index in [1.807, 2.05) is 13.0 Å². The van der Waals surface area contributed by atoms with Gasteiger partial charge in [0.25, 0.3) is 5.91 Å². The third-order valence-electron chi connectivity index (χ3n) is 4.45. The molecule has 0 bridgehead atoms. The van der Waals surface area contributed by atoms with Crippen molar-refractivity contribution in [3.05, 3.63) is 64.0 Å². The molecule has 6 nitrogen and oxygen atoms in total. The second-order valence-electron chi connectivity index (χ2n) is 6.47. The van der Waals surface area contributed by atoms with Gasteiger partial charge >= 0.3 is 5.63 Å². The minimum absolute atomic E-state index is 0.155. The molecule has 0 unspecified atom stereocenters. The van der Waals surface area contributed by atoms with E-state index in [0.717, 1.165) is 23.8 Å². The Labute approximate surface area is 163 Å². The summed E-state index contributed by atoms with van der Waals surface area (Å²) in [6.07, 6.45) is 1.73. The summed E-state index contributed by atoms with van der Waals surface area (Å²) in [5.41, 5.74) is 2.43. The maximum Gasteiger partial charge on any atom is 0.336 e. The van der Waals surface area contributed by atoms with Crippen LogP contribution in [-0.4, -0.2) is 19.6 Å². The molecule has 3 rings (SSSR count). The molecule has 1 heterocycles. The number of carbonyl (C=O) groups is 1. The number of anilines is 1. The number of carbonyl (C=O) groups excluding carboxylic acids is 1.